The van der Waals surface area contributed by atoms with E-state index in [-0.39, 0.29) is 0 Å². The lowest BCUT2D eigenvalue weighted by atomic mass is 9.99. The molecular formula is C16H17NS2. The van der Waals surface area contributed by atoms with Crippen LogP contribution in [0, 0.1) is 13.8 Å². The van der Waals surface area contributed by atoms with Gasteiger partial charge in [-0.3, -0.25) is 0 Å². The van der Waals surface area contributed by atoms with Gasteiger partial charge in [0.1, 0.15) is 0 Å². The molecule has 1 aromatic carbocycles. The van der Waals surface area contributed by atoms with Gasteiger partial charge >= 0.3 is 0 Å². The molecule has 0 aliphatic rings. The second kappa shape index (κ2) is 5.08. The molecule has 0 saturated carbocycles. The van der Waals surface area contributed by atoms with Crippen molar-refractivity contribution in [2.75, 3.05) is 7.05 Å². The lowest BCUT2D eigenvalue weighted by molar-refractivity contribution is 0.697. The van der Waals surface area contributed by atoms with E-state index in [1.54, 1.807) is 0 Å². The van der Waals surface area contributed by atoms with E-state index < -0.39 is 0 Å². The molecule has 0 aliphatic heterocycles. The van der Waals surface area contributed by atoms with Crippen molar-refractivity contribution in [1.82, 2.24) is 5.32 Å². The first kappa shape index (κ1) is 12.9. The summed E-state index contributed by atoms with van der Waals surface area (Å²) in [6.45, 7) is 4.39. The number of fused-ring (bicyclic) bond motifs is 1. The number of aryl methyl sites for hydroxylation is 2. The second-order valence-corrected chi connectivity index (χ2v) is 7.15. The van der Waals surface area contributed by atoms with Crippen molar-refractivity contribution in [2.45, 2.75) is 19.9 Å². The Morgan fingerprint density at radius 1 is 1.11 bits per heavy atom. The highest BCUT2D eigenvalue weighted by molar-refractivity contribution is 7.17. The number of benzene rings is 1. The number of rotatable bonds is 3. The summed E-state index contributed by atoms with van der Waals surface area (Å²) in [4.78, 5) is 2.79. The van der Waals surface area contributed by atoms with E-state index in [0.717, 1.165) is 0 Å². The highest BCUT2D eigenvalue weighted by Crippen LogP contribution is 2.36. The van der Waals surface area contributed by atoms with E-state index in [9.17, 15) is 0 Å². The lowest BCUT2D eigenvalue weighted by Gasteiger charge is -2.16. The van der Waals surface area contributed by atoms with Crippen LogP contribution in [0.4, 0.5) is 0 Å². The van der Waals surface area contributed by atoms with Crippen LogP contribution in [0.2, 0.25) is 0 Å². The van der Waals surface area contributed by atoms with E-state index in [1.165, 1.54) is 31.0 Å². The van der Waals surface area contributed by atoms with Gasteiger partial charge in [0, 0.05) is 14.5 Å². The van der Waals surface area contributed by atoms with E-state index >= 15 is 0 Å². The Balaban J connectivity index is 2.15. The first-order chi connectivity index (χ1) is 9.20. The minimum Gasteiger partial charge on any atom is -0.309 e. The number of thiophene rings is 2. The zero-order chi connectivity index (χ0) is 13.4. The summed E-state index contributed by atoms with van der Waals surface area (Å²) in [7, 11) is 2.05. The Kier molecular flexibility index (Phi) is 3.44. The Bertz CT molecular complexity index is 708. The second-order valence-electron chi connectivity index (χ2n) is 4.78. The molecule has 3 rings (SSSR count). The molecule has 98 valence electrons. The van der Waals surface area contributed by atoms with Gasteiger partial charge in [-0.15, -0.1) is 22.7 Å². The fourth-order valence-corrected chi connectivity index (χ4v) is 4.59. The summed E-state index contributed by atoms with van der Waals surface area (Å²) in [5.74, 6) is 0. The molecule has 0 saturated heterocycles. The molecular weight excluding hydrogens is 270 g/mol. The Labute approximate surface area is 121 Å². The molecule has 1 N–H and O–H groups in total. The van der Waals surface area contributed by atoms with E-state index in [1.807, 2.05) is 29.7 Å². The third kappa shape index (κ3) is 2.22. The number of nitrogens with one attached hydrogen (secondary N) is 1. The van der Waals surface area contributed by atoms with Gasteiger partial charge in [-0.25, -0.2) is 0 Å². The molecule has 0 aliphatic carbocycles. The molecule has 0 bridgehead atoms. The first-order valence-corrected chi connectivity index (χ1v) is 8.10. The number of hydrogen-bond donors (Lipinski definition) is 1. The molecule has 19 heavy (non-hydrogen) atoms. The molecule has 0 radical (unpaired) electrons. The van der Waals surface area contributed by atoms with Crippen LogP contribution in [0.15, 0.2) is 35.7 Å². The van der Waals surface area contributed by atoms with Gasteiger partial charge in [0.2, 0.25) is 0 Å². The van der Waals surface area contributed by atoms with Crippen molar-refractivity contribution in [3.63, 3.8) is 0 Å². The zero-order valence-electron chi connectivity index (χ0n) is 11.4. The smallest absolute Gasteiger partial charge is 0.0599 e. The van der Waals surface area contributed by atoms with Gasteiger partial charge in [0.25, 0.3) is 0 Å². The molecule has 2 aromatic heterocycles. The average molecular weight is 287 g/mol. The van der Waals surface area contributed by atoms with E-state index in [4.69, 9.17) is 0 Å². The quantitative estimate of drug-likeness (QED) is 0.723. The van der Waals surface area contributed by atoms with Crippen molar-refractivity contribution in [1.29, 1.82) is 0 Å². The van der Waals surface area contributed by atoms with Crippen LogP contribution in [-0.2, 0) is 0 Å². The van der Waals surface area contributed by atoms with Crippen LogP contribution < -0.4 is 5.32 Å². The van der Waals surface area contributed by atoms with Gasteiger partial charge < -0.3 is 5.32 Å². The van der Waals surface area contributed by atoms with Gasteiger partial charge in [-0.2, -0.15) is 0 Å². The summed E-state index contributed by atoms with van der Waals surface area (Å²) in [5.41, 5.74) is 2.80. The van der Waals surface area contributed by atoms with Crippen molar-refractivity contribution >= 4 is 32.8 Å². The van der Waals surface area contributed by atoms with E-state index in [0.29, 0.717) is 6.04 Å². The monoisotopic (exact) mass is 287 g/mol. The minimum absolute atomic E-state index is 0.293. The van der Waals surface area contributed by atoms with Gasteiger partial charge in [0.05, 0.1) is 6.04 Å². The summed E-state index contributed by atoms with van der Waals surface area (Å²) in [5, 5.41) is 7.14. The van der Waals surface area contributed by atoms with Crippen molar-refractivity contribution in [2.24, 2.45) is 0 Å². The van der Waals surface area contributed by atoms with Crippen LogP contribution in [-0.4, -0.2) is 7.05 Å². The first-order valence-electron chi connectivity index (χ1n) is 6.41. The molecule has 0 fully saturated rings. The Hall–Kier alpha value is -1.16. The summed E-state index contributed by atoms with van der Waals surface area (Å²) >= 11 is 3.71. The maximum Gasteiger partial charge on any atom is 0.0599 e. The van der Waals surface area contributed by atoms with Crippen LogP contribution in [0.3, 0.4) is 0 Å². The molecule has 1 nitrogen and oxygen atoms in total. The highest BCUT2D eigenvalue weighted by atomic mass is 32.1. The van der Waals surface area contributed by atoms with Crippen LogP contribution >= 0.6 is 22.7 Å². The van der Waals surface area contributed by atoms with Crippen LogP contribution in [0.5, 0.6) is 0 Å². The molecule has 0 amide bonds. The molecule has 0 spiro atoms. The molecule has 3 aromatic rings. The van der Waals surface area contributed by atoms with Gasteiger partial charge in [-0.1, -0.05) is 18.2 Å². The van der Waals surface area contributed by atoms with E-state index in [2.05, 4.69) is 54.9 Å². The standard InChI is InChI=1S/C16H17NS2/c1-10-8-13(11(2)19-10)16(17-3)14-9-18-15-7-5-4-6-12(14)15/h4-9,16-17H,1-3H3. The normalized spacial score (nSPS) is 13.0. The molecule has 1 atom stereocenters. The third-order valence-electron chi connectivity index (χ3n) is 3.50. The molecule has 3 heteroatoms. The Morgan fingerprint density at radius 3 is 2.58 bits per heavy atom. The SMILES string of the molecule is CNC(c1cc(C)sc1C)c1csc2ccccc12. The minimum atomic E-state index is 0.293. The fraction of sp³-hybridized carbons (Fsp3) is 0.250. The van der Waals surface area contributed by atoms with Crippen molar-refractivity contribution in [3.05, 3.63) is 56.6 Å². The zero-order valence-corrected chi connectivity index (χ0v) is 13.0. The summed E-state index contributed by atoms with van der Waals surface area (Å²) in [6, 6.07) is 11.3. The van der Waals surface area contributed by atoms with Gasteiger partial charge in [0.15, 0.2) is 0 Å². The maximum atomic E-state index is 3.48. The molecule has 2 heterocycles. The van der Waals surface area contributed by atoms with Crippen LogP contribution in [0.1, 0.15) is 26.9 Å². The maximum absolute atomic E-state index is 3.48. The Morgan fingerprint density at radius 2 is 1.89 bits per heavy atom. The fourth-order valence-electron chi connectivity index (χ4n) is 2.64. The topological polar surface area (TPSA) is 12.0 Å². The van der Waals surface area contributed by atoms with Gasteiger partial charge in [-0.05, 0) is 54.9 Å². The highest BCUT2D eigenvalue weighted by Gasteiger charge is 2.19. The lowest BCUT2D eigenvalue weighted by Crippen LogP contribution is -2.17. The largest absolute Gasteiger partial charge is 0.309 e. The predicted octanol–water partition coefficient (Wildman–Crippen LogP) is 4.89. The summed E-state index contributed by atoms with van der Waals surface area (Å²) < 4.78 is 1.36. The van der Waals surface area contributed by atoms with Crippen molar-refractivity contribution in [3.8, 4) is 0 Å². The predicted molar refractivity (Wildman–Crippen MR) is 86.5 cm³/mol. The number of hydrogen-bond acceptors (Lipinski definition) is 3. The summed E-state index contributed by atoms with van der Waals surface area (Å²) in [6.07, 6.45) is 0. The van der Waals surface area contributed by atoms with Crippen molar-refractivity contribution < 1.29 is 0 Å². The van der Waals surface area contributed by atoms with Crippen LogP contribution in [0.25, 0.3) is 10.1 Å². The third-order valence-corrected chi connectivity index (χ3v) is 5.46. The molecule has 1 unspecified atom stereocenters. The average Bonchev–Trinajstić information content (AvgIpc) is 2.96.